The first kappa shape index (κ1) is 13.0. The first-order valence-electron chi connectivity index (χ1n) is 6.47. The summed E-state index contributed by atoms with van der Waals surface area (Å²) in [5.41, 5.74) is 6.71. The standard InChI is InChI=1S/C14H29N/c1-13(2,3)11-6-8-12(9-7-11)14(4,5)10-15/h11-12H,6-10,15H2,1-5H3. The van der Waals surface area contributed by atoms with Crippen LogP contribution in [0.4, 0.5) is 0 Å². The molecule has 0 saturated heterocycles. The highest BCUT2D eigenvalue weighted by atomic mass is 14.6. The van der Waals surface area contributed by atoms with Crippen molar-refractivity contribution >= 4 is 0 Å². The zero-order chi connectivity index (χ0) is 11.7. The minimum Gasteiger partial charge on any atom is -0.330 e. The second-order valence-electron chi connectivity index (χ2n) is 7.11. The van der Waals surface area contributed by atoms with E-state index < -0.39 is 0 Å². The lowest BCUT2D eigenvalue weighted by Gasteiger charge is -2.42. The highest BCUT2D eigenvalue weighted by molar-refractivity contribution is 4.87. The van der Waals surface area contributed by atoms with Crippen molar-refractivity contribution in [2.45, 2.75) is 60.3 Å². The van der Waals surface area contributed by atoms with Gasteiger partial charge in [0, 0.05) is 0 Å². The summed E-state index contributed by atoms with van der Waals surface area (Å²) in [6.45, 7) is 12.6. The number of hydrogen-bond acceptors (Lipinski definition) is 1. The Morgan fingerprint density at radius 1 is 0.867 bits per heavy atom. The van der Waals surface area contributed by atoms with Gasteiger partial charge in [0.15, 0.2) is 0 Å². The number of nitrogens with two attached hydrogens (primary N) is 1. The molecule has 0 radical (unpaired) electrons. The van der Waals surface area contributed by atoms with Gasteiger partial charge in [-0.25, -0.2) is 0 Å². The molecule has 0 aromatic rings. The van der Waals surface area contributed by atoms with Crippen LogP contribution in [0.2, 0.25) is 0 Å². The van der Waals surface area contributed by atoms with Crippen LogP contribution in [0, 0.1) is 22.7 Å². The maximum Gasteiger partial charge on any atom is -0.00232 e. The summed E-state index contributed by atoms with van der Waals surface area (Å²) in [4.78, 5) is 0. The summed E-state index contributed by atoms with van der Waals surface area (Å²) < 4.78 is 0. The fourth-order valence-corrected chi connectivity index (χ4v) is 2.91. The molecule has 0 amide bonds. The van der Waals surface area contributed by atoms with Gasteiger partial charge in [-0.2, -0.15) is 0 Å². The van der Waals surface area contributed by atoms with E-state index in [-0.39, 0.29) is 0 Å². The predicted molar refractivity (Wildman–Crippen MR) is 67.7 cm³/mol. The van der Waals surface area contributed by atoms with Crippen LogP contribution in [0.25, 0.3) is 0 Å². The molecule has 1 aliphatic carbocycles. The summed E-state index contributed by atoms with van der Waals surface area (Å²) in [6, 6.07) is 0. The van der Waals surface area contributed by atoms with Crippen LogP contribution < -0.4 is 5.73 Å². The van der Waals surface area contributed by atoms with E-state index in [0.717, 1.165) is 18.4 Å². The van der Waals surface area contributed by atoms with Crippen LogP contribution in [0.3, 0.4) is 0 Å². The molecular formula is C14H29N. The van der Waals surface area contributed by atoms with Gasteiger partial charge in [0.1, 0.15) is 0 Å². The number of hydrogen-bond donors (Lipinski definition) is 1. The Morgan fingerprint density at radius 3 is 1.60 bits per heavy atom. The fraction of sp³-hybridized carbons (Fsp3) is 1.00. The molecule has 1 rings (SSSR count). The fourth-order valence-electron chi connectivity index (χ4n) is 2.91. The maximum absolute atomic E-state index is 5.86. The third kappa shape index (κ3) is 3.21. The third-order valence-corrected chi connectivity index (χ3v) is 4.58. The van der Waals surface area contributed by atoms with Gasteiger partial charge >= 0.3 is 0 Å². The van der Waals surface area contributed by atoms with Crippen LogP contribution >= 0.6 is 0 Å². The van der Waals surface area contributed by atoms with Crippen molar-refractivity contribution in [2.75, 3.05) is 6.54 Å². The molecule has 0 spiro atoms. The Balaban J connectivity index is 2.50. The molecule has 0 heterocycles. The second-order valence-corrected chi connectivity index (χ2v) is 7.11. The van der Waals surface area contributed by atoms with Crippen molar-refractivity contribution in [1.82, 2.24) is 0 Å². The zero-order valence-corrected chi connectivity index (χ0v) is 11.3. The molecule has 90 valence electrons. The van der Waals surface area contributed by atoms with Gasteiger partial charge in [-0.1, -0.05) is 34.6 Å². The van der Waals surface area contributed by atoms with Crippen LogP contribution in [0.5, 0.6) is 0 Å². The van der Waals surface area contributed by atoms with Gasteiger partial charge < -0.3 is 5.73 Å². The molecule has 1 fully saturated rings. The van der Waals surface area contributed by atoms with Gasteiger partial charge in [-0.15, -0.1) is 0 Å². The smallest absolute Gasteiger partial charge is 0.00232 e. The molecule has 15 heavy (non-hydrogen) atoms. The molecule has 1 saturated carbocycles. The Morgan fingerprint density at radius 2 is 1.27 bits per heavy atom. The van der Waals surface area contributed by atoms with Gasteiger partial charge in [0.05, 0.1) is 0 Å². The van der Waals surface area contributed by atoms with E-state index in [1.165, 1.54) is 25.7 Å². The lowest BCUT2D eigenvalue weighted by Crippen LogP contribution is -2.36. The van der Waals surface area contributed by atoms with Crippen molar-refractivity contribution in [2.24, 2.45) is 28.4 Å². The minimum atomic E-state index is 0.350. The van der Waals surface area contributed by atoms with Gasteiger partial charge in [0.2, 0.25) is 0 Å². The normalized spacial score (nSPS) is 29.2. The lowest BCUT2D eigenvalue weighted by atomic mass is 9.64. The van der Waals surface area contributed by atoms with E-state index in [9.17, 15) is 0 Å². The first-order valence-corrected chi connectivity index (χ1v) is 6.47. The van der Waals surface area contributed by atoms with Crippen LogP contribution in [-0.2, 0) is 0 Å². The first-order chi connectivity index (χ1) is 6.77. The largest absolute Gasteiger partial charge is 0.330 e. The summed E-state index contributed by atoms with van der Waals surface area (Å²) in [6.07, 6.45) is 5.56. The summed E-state index contributed by atoms with van der Waals surface area (Å²) in [5.74, 6) is 1.77. The van der Waals surface area contributed by atoms with Crippen LogP contribution in [0.1, 0.15) is 60.3 Å². The highest BCUT2D eigenvalue weighted by Gasteiger charge is 2.35. The molecule has 1 aliphatic rings. The van der Waals surface area contributed by atoms with Crippen molar-refractivity contribution in [3.63, 3.8) is 0 Å². The molecule has 1 nitrogen and oxygen atoms in total. The van der Waals surface area contributed by atoms with Crippen LogP contribution in [-0.4, -0.2) is 6.54 Å². The van der Waals surface area contributed by atoms with Crippen molar-refractivity contribution in [3.05, 3.63) is 0 Å². The Bertz CT molecular complexity index is 192. The molecule has 0 aromatic heterocycles. The van der Waals surface area contributed by atoms with E-state index >= 15 is 0 Å². The Kier molecular flexibility index (Phi) is 3.86. The molecular weight excluding hydrogens is 182 g/mol. The van der Waals surface area contributed by atoms with Gasteiger partial charge in [0.25, 0.3) is 0 Å². The minimum absolute atomic E-state index is 0.350. The SMILES string of the molecule is CC(C)(C)C1CCC(C(C)(C)CN)CC1. The maximum atomic E-state index is 5.86. The predicted octanol–water partition coefficient (Wildman–Crippen LogP) is 3.82. The monoisotopic (exact) mass is 211 g/mol. The highest BCUT2D eigenvalue weighted by Crippen LogP contribution is 2.44. The van der Waals surface area contributed by atoms with Crippen molar-refractivity contribution in [1.29, 1.82) is 0 Å². The molecule has 0 atom stereocenters. The average molecular weight is 211 g/mol. The van der Waals surface area contributed by atoms with Gasteiger partial charge in [-0.3, -0.25) is 0 Å². The molecule has 2 N–H and O–H groups in total. The molecule has 0 aliphatic heterocycles. The van der Waals surface area contributed by atoms with E-state index in [4.69, 9.17) is 5.73 Å². The van der Waals surface area contributed by atoms with E-state index in [0.29, 0.717) is 10.8 Å². The summed E-state index contributed by atoms with van der Waals surface area (Å²) in [5, 5.41) is 0. The molecule has 0 aromatic carbocycles. The van der Waals surface area contributed by atoms with Gasteiger partial charge in [-0.05, 0) is 54.9 Å². The quantitative estimate of drug-likeness (QED) is 0.738. The van der Waals surface area contributed by atoms with E-state index in [1.54, 1.807) is 0 Å². The topological polar surface area (TPSA) is 26.0 Å². The molecule has 1 heteroatoms. The zero-order valence-electron chi connectivity index (χ0n) is 11.3. The van der Waals surface area contributed by atoms with Crippen molar-refractivity contribution < 1.29 is 0 Å². The van der Waals surface area contributed by atoms with Crippen LogP contribution in [0.15, 0.2) is 0 Å². The molecule has 0 unspecified atom stereocenters. The average Bonchev–Trinajstić information content (AvgIpc) is 2.17. The third-order valence-electron chi connectivity index (χ3n) is 4.58. The van der Waals surface area contributed by atoms with E-state index in [1.807, 2.05) is 0 Å². The van der Waals surface area contributed by atoms with Crippen molar-refractivity contribution in [3.8, 4) is 0 Å². The molecule has 0 bridgehead atoms. The second kappa shape index (κ2) is 4.45. The Hall–Kier alpha value is -0.0400. The summed E-state index contributed by atoms with van der Waals surface area (Å²) in [7, 11) is 0. The number of rotatable bonds is 2. The lowest BCUT2D eigenvalue weighted by molar-refractivity contribution is 0.0917. The van der Waals surface area contributed by atoms with E-state index in [2.05, 4.69) is 34.6 Å². The Labute approximate surface area is 95.8 Å². The summed E-state index contributed by atoms with van der Waals surface area (Å²) >= 11 is 0.